The molecule has 0 amide bonds. The van der Waals surface area contributed by atoms with E-state index < -0.39 is 12.1 Å². The average molecular weight is 412 g/mol. The third-order valence-electron chi connectivity index (χ3n) is 6.14. The Labute approximate surface area is 176 Å². The number of ether oxygens (including phenoxy) is 3. The van der Waals surface area contributed by atoms with Gasteiger partial charge in [-0.15, -0.1) is 0 Å². The van der Waals surface area contributed by atoms with Crippen LogP contribution in [0.2, 0.25) is 0 Å². The van der Waals surface area contributed by atoms with Gasteiger partial charge in [0.2, 0.25) is 5.88 Å². The molecule has 1 saturated carbocycles. The van der Waals surface area contributed by atoms with Gasteiger partial charge in [0.05, 0.1) is 25.9 Å². The van der Waals surface area contributed by atoms with Gasteiger partial charge in [0.25, 0.3) is 0 Å². The number of likely N-dealkylation sites (tertiary alicyclic amines) is 1. The Hall–Kier alpha value is -2.64. The summed E-state index contributed by atoms with van der Waals surface area (Å²) in [7, 11) is 3.00. The van der Waals surface area contributed by atoms with E-state index in [-0.39, 0.29) is 6.10 Å². The molecule has 0 radical (unpaired) electrons. The second kappa shape index (κ2) is 9.02. The van der Waals surface area contributed by atoms with E-state index in [1.807, 2.05) is 12.1 Å². The molecule has 7 heteroatoms. The number of carbonyl (C=O) groups is 1. The van der Waals surface area contributed by atoms with Crippen LogP contribution in [0.3, 0.4) is 0 Å². The largest absolute Gasteiger partial charge is 0.488 e. The molecule has 2 aromatic rings. The average Bonchev–Trinajstić information content (AvgIpc) is 3.14. The molecule has 0 unspecified atom stereocenters. The Kier molecular flexibility index (Phi) is 6.20. The Morgan fingerprint density at radius 3 is 2.73 bits per heavy atom. The number of methoxy groups -OCH3 is 2. The van der Waals surface area contributed by atoms with Gasteiger partial charge in [-0.3, -0.25) is 4.90 Å². The molecular weight excluding hydrogens is 384 g/mol. The zero-order valence-corrected chi connectivity index (χ0v) is 17.4. The van der Waals surface area contributed by atoms with Crippen LogP contribution in [0.25, 0.3) is 0 Å². The number of carbonyl (C=O) groups excluding carboxylic acids is 1. The van der Waals surface area contributed by atoms with Crippen molar-refractivity contribution < 1.29 is 24.1 Å². The molecule has 1 aromatic heterocycles. The van der Waals surface area contributed by atoms with Gasteiger partial charge in [0.15, 0.2) is 0 Å². The van der Waals surface area contributed by atoms with Crippen LogP contribution in [-0.2, 0) is 11.3 Å². The molecular formula is C23H28N2O5. The van der Waals surface area contributed by atoms with Gasteiger partial charge in [0, 0.05) is 31.4 Å². The number of fused-ring (bicyclic) bond motifs is 1. The Bertz CT molecular complexity index is 889. The molecule has 0 spiro atoms. The van der Waals surface area contributed by atoms with Crippen molar-refractivity contribution in [1.29, 1.82) is 0 Å². The predicted molar refractivity (Wildman–Crippen MR) is 110 cm³/mol. The molecule has 1 N–H and O–H groups in total. The highest BCUT2D eigenvalue weighted by Gasteiger charge is 2.42. The fourth-order valence-electron chi connectivity index (χ4n) is 4.70. The first-order valence-electron chi connectivity index (χ1n) is 10.3. The first-order valence-corrected chi connectivity index (χ1v) is 10.3. The number of nitrogens with zero attached hydrogens (tertiary/aromatic N) is 2. The van der Waals surface area contributed by atoms with Crippen molar-refractivity contribution in [2.45, 2.75) is 31.6 Å². The number of benzene rings is 1. The van der Waals surface area contributed by atoms with Gasteiger partial charge in [-0.1, -0.05) is 12.1 Å². The lowest BCUT2D eigenvalue weighted by Crippen LogP contribution is -2.42. The van der Waals surface area contributed by atoms with Crippen molar-refractivity contribution in [1.82, 2.24) is 9.88 Å². The highest BCUT2D eigenvalue weighted by Crippen LogP contribution is 2.39. The summed E-state index contributed by atoms with van der Waals surface area (Å²) in [5.41, 5.74) is 1.52. The van der Waals surface area contributed by atoms with Gasteiger partial charge < -0.3 is 19.3 Å². The molecule has 4 rings (SSSR count). The second-order valence-corrected chi connectivity index (χ2v) is 8.10. The quantitative estimate of drug-likeness (QED) is 0.730. The number of hydrogen-bond donors (Lipinski definition) is 1. The van der Waals surface area contributed by atoms with E-state index in [1.54, 1.807) is 37.6 Å². The van der Waals surface area contributed by atoms with E-state index in [0.29, 0.717) is 35.4 Å². The summed E-state index contributed by atoms with van der Waals surface area (Å²) < 4.78 is 16.2. The highest BCUT2D eigenvalue weighted by molar-refractivity contribution is 5.89. The maximum Gasteiger partial charge on any atom is 0.337 e. The summed E-state index contributed by atoms with van der Waals surface area (Å²) in [5.74, 6) is 1.75. The Morgan fingerprint density at radius 2 is 1.97 bits per heavy atom. The number of hydrogen-bond acceptors (Lipinski definition) is 7. The number of aliphatic hydroxyl groups excluding tert-OH is 1. The van der Waals surface area contributed by atoms with Gasteiger partial charge in [-0.25, -0.2) is 9.78 Å². The highest BCUT2D eigenvalue weighted by atomic mass is 16.5. The Balaban J connectivity index is 1.39. The van der Waals surface area contributed by atoms with Crippen molar-refractivity contribution >= 4 is 5.97 Å². The molecule has 1 aliphatic heterocycles. The molecule has 2 fully saturated rings. The number of pyridine rings is 1. The molecule has 2 aliphatic rings. The molecule has 1 aromatic carbocycles. The van der Waals surface area contributed by atoms with Gasteiger partial charge in [-0.05, 0) is 48.9 Å². The van der Waals surface area contributed by atoms with Gasteiger partial charge in [-0.2, -0.15) is 0 Å². The van der Waals surface area contributed by atoms with E-state index >= 15 is 0 Å². The smallest absolute Gasteiger partial charge is 0.337 e. The summed E-state index contributed by atoms with van der Waals surface area (Å²) in [6, 6.07) is 10.9. The standard InChI is InChI=1S/C23H28N2O5/c1-28-22-16(6-4-8-24-22)12-25-13-17-10-20(26)21(11-18(17)14-25)30-19-7-3-5-15(9-19)23(27)29-2/h3-9,17-18,20-21,26H,10-14H2,1-2H3/t17-,18+,20+,21+/m0/s1. The van der Waals surface area contributed by atoms with Crippen LogP contribution >= 0.6 is 0 Å². The minimum atomic E-state index is -0.527. The van der Waals surface area contributed by atoms with Crippen molar-refractivity contribution in [2.24, 2.45) is 11.8 Å². The number of aliphatic hydroxyl groups is 1. The third kappa shape index (κ3) is 4.42. The van der Waals surface area contributed by atoms with E-state index in [0.717, 1.165) is 31.6 Å². The molecule has 0 bridgehead atoms. The molecule has 30 heavy (non-hydrogen) atoms. The van der Waals surface area contributed by atoms with Crippen molar-refractivity contribution in [3.05, 3.63) is 53.7 Å². The predicted octanol–water partition coefficient (Wildman–Crippen LogP) is 2.53. The first-order chi connectivity index (χ1) is 14.6. The van der Waals surface area contributed by atoms with Crippen molar-refractivity contribution in [3.63, 3.8) is 0 Å². The van der Waals surface area contributed by atoms with Crippen LogP contribution in [0.4, 0.5) is 0 Å². The zero-order valence-electron chi connectivity index (χ0n) is 17.4. The molecule has 2 heterocycles. The number of aromatic nitrogens is 1. The zero-order chi connectivity index (χ0) is 21.1. The summed E-state index contributed by atoms with van der Waals surface area (Å²) in [6.45, 7) is 2.69. The number of rotatable bonds is 6. The van der Waals surface area contributed by atoms with E-state index in [2.05, 4.69) is 9.88 Å². The molecule has 1 saturated heterocycles. The lowest BCUT2D eigenvalue weighted by atomic mass is 9.78. The lowest BCUT2D eigenvalue weighted by molar-refractivity contribution is -0.0231. The van der Waals surface area contributed by atoms with Crippen LogP contribution in [0.15, 0.2) is 42.6 Å². The first kappa shape index (κ1) is 20.6. The van der Waals surface area contributed by atoms with Crippen LogP contribution in [0.1, 0.15) is 28.8 Å². The minimum Gasteiger partial charge on any atom is -0.488 e. The SMILES string of the molecule is COC(=O)c1cccc(O[C@@H]2C[C@@H]3CN(Cc4cccnc4OC)C[C@@H]3C[C@H]2O)c1. The maximum atomic E-state index is 11.8. The minimum absolute atomic E-state index is 0.285. The third-order valence-corrected chi connectivity index (χ3v) is 6.14. The van der Waals surface area contributed by atoms with Gasteiger partial charge >= 0.3 is 5.97 Å². The fourth-order valence-corrected chi connectivity index (χ4v) is 4.70. The Morgan fingerprint density at radius 1 is 1.17 bits per heavy atom. The summed E-state index contributed by atoms with van der Waals surface area (Å²) in [6.07, 6.45) is 2.43. The summed E-state index contributed by atoms with van der Waals surface area (Å²) in [5, 5.41) is 10.7. The second-order valence-electron chi connectivity index (χ2n) is 8.10. The normalized spacial score (nSPS) is 26.1. The van der Waals surface area contributed by atoms with Crippen molar-refractivity contribution in [3.8, 4) is 11.6 Å². The van der Waals surface area contributed by atoms with Crippen LogP contribution < -0.4 is 9.47 Å². The monoisotopic (exact) mass is 412 g/mol. The van der Waals surface area contributed by atoms with Gasteiger partial charge in [0.1, 0.15) is 11.9 Å². The fraction of sp³-hybridized carbons (Fsp3) is 0.478. The van der Waals surface area contributed by atoms with E-state index in [9.17, 15) is 9.90 Å². The van der Waals surface area contributed by atoms with E-state index in [1.165, 1.54) is 7.11 Å². The maximum absolute atomic E-state index is 11.8. The topological polar surface area (TPSA) is 81.1 Å². The molecule has 160 valence electrons. The molecule has 1 aliphatic carbocycles. The number of esters is 1. The molecule has 4 atom stereocenters. The van der Waals surface area contributed by atoms with E-state index in [4.69, 9.17) is 14.2 Å². The van der Waals surface area contributed by atoms with Crippen LogP contribution in [0, 0.1) is 11.8 Å². The van der Waals surface area contributed by atoms with Crippen LogP contribution in [-0.4, -0.2) is 60.5 Å². The lowest BCUT2D eigenvalue weighted by Gasteiger charge is -2.35. The van der Waals surface area contributed by atoms with Crippen LogP contribution in [0.5, 0.6) is 11.6 Å². The molecule has 7 nitrogen and oxygen atoms in total. The summed E-state index contributed by atoms with van der Waals surface area (Å²) >= 11 is 0. The summed E-state index contributed by atoms with van der Waals surface area (Å²) in [4.78, 5) is 18.4. The van der Waals surface area contributed by atoms with Crippen molar-refractivity contribution in [2.75, 3.05) is 27.3 Å².